The lowest BCUT2D eigenvalue weighted by molar-refractivity contribution is -0.138. The highest BCUT2D eigenvalue weighted by Gasteiger charge is 2.31. The fourth-order valence-electron chi connectivity index (χ4n) is 4.18. The third-order valence-electron chi connectivity index (χ3n) is 5.42. The van der Waals surface area contributed by atoms with Crippen molar-refractivity contribution < 1.29 is 4.79 Å². The van der Waals surface area contributed by atoms with E-state index in [2.05, 4.69) is 9.80 Å². The van der Waals surface area contributed by atoms with Gasteiger partial charge in [-0.05, 0) is 25.7 Å². The molecule has 0 spiro atoms. The van der Waals surface area contributed by atoms with Crippen LogP contribution in [0, 0.1) is 5.92 Å². The molecule has 2 aliphatic carbocycles. The predicted molar refractivity (Wildman–Crippen MR) is 77.0 cm³/mol. The Kier molecular flexibility index (Phi) is 4.42. The Hall–Kier alpha value is -0.570. The smallest absolute Gasteiger partial charge is 0.225 e. The Morgan fingerprint density at radius 3 is 1.95 bits per heavy atom. The van der Waals surface area contributed by atoms with Gasteiger partial charge in [0.2, 0.25) is 5.91 Å². The van der Waals surface area contributed by atoms with Gasteiger partial charge in [0, 0.05) is 38.1 Å². The van der Waals surface area contributed by atoms with E-state index in [1.54, 1.807) is 0 Å². The van der Waals surface area contributed by atoms with Crippen LogP contribution >= 0.6 is 0 Å². The largest absolute Gasteiger partial charge is 0.340 e. The Balaban J connectivity index is 1.47. The predicted octanol–water partition coefficient (Wildman–Crippen LogP) is 2.65. The number of carbonyl (C=O) groups is 1. The first-order valence-corrected chi connectivity index (χ1v) is 8.37. The second-order valence-corrected chi connectivity index (χ2v) is 6.63. The zero-order valence-electron chi connectivity index (χ0n) is 12.1. The molecule has 2 saturated carbocycles. The summed E-state index contributed by atoms with van der Waals surface area (Å²) in [5.41, 5.74) is 0. The van der Waals surface area contributed by atoms with Gasteiger partial charge in [-0.25, -0.2) is 0 Å². The molecule has 19 heavy (non-hydrogen) atoms. The Morgan fingerprint density at radius 2 is 1.32 bits per heavy atom. The average Bonchev–Trinajstić information content (AvgIpc) is 3.02. The molecule has 0 radical (unpaired) electrons. The monoisotopic (exact) mass is 264 g/mol. The van der Waals surface area contributed by atoms with Crippen molar-refractivity contribution in [3.05, 3.63) is 0 Å². The van der Waals surface area contributed by atoms with Gasteiger partial charge in [0.25, 0.3) is 0 Å². The maximum Gasteiger partial charge on any atom is 0.225 e. The zero-order valence-corrected chi connectivity index (χ0v) is 12.1. The fourth-order valence-corrected chi connectivity index (χ4v) is 4.18. The van der Waals surface area contributed by atoms with Gasteiger partial charge >= 0.3 is 0 Å². The highest BCUT2D eigenvalue weighted by atomic mass is 16.2. The zero-order chi connectivity index (χ0) is 13.1. The number of nitrogens with zero attached hydrogens (tertiary/aromatic N) is 2. The Morgan fingerprint density at radius 1 is 0.737 bits per heavy atom. The molecule has 1 amide bonds. The van der Waals surface area contributed by atoms with Crippen molar-refractivity contribution in [2.24, 2.45) is 5.92 Å². The second-order valence-electron chi connectivity index (χ2n) is 6.63. The van der Waals surface area contributed by atoms with E-state index < -0.39 is 0 Å². The van der Waals surface area contributed by atoms with Gasteiger partial charge in [0.1, 0.15) is 0 Å². The van der Waals surface area contributed by atoms with Crippen LogP contribution in [0.1, 0.15) is 57.8 Å². The molecule has 108 valence electrons. The average molecular weight is 264 g/mol. The molecule has 0 unspecified atom stereocenters. The van der Waals surface area contributed by atoms with Gasteiger partial charge in [-0.3, -0.25) is 9.69 Å². The molecule has 3 fully saturated rings. The maximum absolute atomic E-state index is 12.5. The molecule has 0 aromatic rings. The summed E-state index contributed by atoms with van der Waals surface area (Å²) in [5, 5.41) is 0. The first-order chi connectivity index (χ1) is 9.34. The Bertz CT molecular complexity index is 298. The Labute approximate surface area is 117 Å². The molecular weight excluding hydrogens is 236 g/mol. The van der Waals surface area contributed by atoms with Crippen LogP contribution in [0.5, 0.6) is 0 Å². The van der Waals surface area contributed by atoms with Crippen LogP contribution in [0.4, 0.5) is 0 Å². The summed E-state index contributed by atoms with van der Waals surface area (Å²) in [7, 11) is 0. The minimum absolute atomic E-state index is 0.354. The molecule has 0 aromatic heterocycles. The molecule has 0 bridgehead atoms. The van der Waals surface area contributed by atoms with E-state index in [9.17, 15) is 4.79 Å². The minimum atomic E-state index is 0.354. The maximum atomic E-state index is 12.5. The summed E-state index contributed by atoms with van der Waals surface area (Å²) in [5.74, 6) is 0.817. The number of hydrogen-bond acceptors (Lipinski definition) is 2. The van der Waals surface area contributed by atoms with Gasteiger partial charge in [-0.15, -0.1) is 0 Å². The third-order valence-corrected chi connectivity index (χ3v) is 5.42. The number of carbonyl (C=O) groups excluding carboxylic acids is 1. The summed E-state index contributed by atoms with van der Waals surface area (Å²) in [6, 6.07) is 0.826. The van der Waals surface area contributed by atoms with E-state index in [0.717, 1.165) is 45.1 Å². The molecule has 3 nitrogen and oxygen atoms in total. The first-order valence-electron chi connectivity index (χ1n) is 8.37. The SMILES string of the molecule is O=C(C1CCCCC1)N1CCN(C2CCCC2)CC1. The summed E-state index contributed by atoms with van der Waals surface area (Å²) in [6.45, 7) is 4.18. The van der Waals surface area contributed by atoms with Crippen LogP contribution in [0.3, 0.4) is 0 Å². The van der Waals surface area contributed by atoms with Crippen molar-refractivity contribution in [3.8, 4) is 0 Å². The molecule has 3 rings (SSSR count). The highest BCUT2D eigenvalue weighted by Crippen LogP contribution is 2.27. The standard InChI is InChI=1S/C16H28N2O/c19-16(14-6-2-1-3-7-14)18-12-10-17(11-13-18)15-8-4-5-9-15/h14-15H,1-13H2. The van der Waals surface area contributed by atoms with Gasteiger partial charge in [-0.2, -0.15) is 0 Å². The quantitative estimate of drug-likeness (QED) is 0.765. The molecule has 1 aliphatic heterocycles. The van der Waals surface area contributed by atoms with Gasteiger partial charge in [0.05, 0.1) is 0 Å². The highest BCUT2D eigenvalue weighted by molar-refractivity contribution is 5.79. The normalized spacial score (nSPS) is 27.9. The second kappa shape index (κ2) is 6.25. The van der Waals surface area contributed by atoms with Crippen LogP contribution in [0.15, 0.2) is 0 Å². The lowest BCUT2D eigenvalue weighted by Gasteiger charge is -2.39. The van der Waals surface area contributed by atoms with E-state index >= 15 is 0 Å². The molecule has 1 saturated heterocycles. The summed E-state index contributed by atoms with van der Waals surface area (Å²) in [6.07, 6.45) is 11.7. The van der Waals surface area contributed by atoms with Gasteiger partial charge in [-0.1, -0.05) is 32.1 Å². The van der Waals surface area contributed by atoms with Crippen molar-refractivity contribution in [1.29, 1.82) is 0 Å². The minimum Gasteiger partial charge on any atom is -0.340 e. The summed E-state index contributed by atoms with van der Waals surface area (Å²) < 4.78 is 0. The number of rotatable bonds is 2. The fraction of sp³-hybridized carbons (Fsp3) is 0.938. The molecule has 0 N–H and O–H groups in total. The van der Waals surface area contributed by atoms with Crippen LogP contribution in [0.25, 0.3) is 0 Å². The molecule has 0 aromatic carbocycles. The van der Waals surface area contributed by atoms with Crippen molar-refractivity contribution in [2.45, 2.75) is 63.8 Å². The lowest BCUT2D eigenvalue weighted by atomic mass is 9.88. The molecule has 1 heterocycles. The van der Waals surface area contributed by atoms with Gasteiger partial charge < -0.3 is 4.90 Å². The number of hydrogen-bond donors (Lipinski definition) is 0. The van der Waals surface area contributed by atoms with E-state index in [0.29, 0.717) is 11.8 Å². The lowest BCUT2D eigenvalue weighted by Crippen LogP contribution is -2.52. The molecule has 3 aliphatic rings. The van der Waals surface area contributed by atoms with Crippen molar-refractivity contribution >= 4 is 5.91 Å². The first kappa shape index (κ1) is 13.4. The number of piperazine rings is 1. The van der Waals surface area contributed by atoms with Crippen molar-refractivity contribution in [3.63, 3.8) is 0 Å². The molecule has 0 atom stereocenters. The van der Waals surface area contributed by atoms with Crippen molar-refractivity contribution in [1.82, 2.24) is 9.80 Å². The molecular formula is C16H28N2O. The summed E-state index contributed by atoms with van der Waals surface area (Å²) in [4.78, 5) is 17.3. The van der Waals surface area contributed by atoms with E-state index in [1.807, 2.05) is 0 Å². The molecule has 3 heteroatoms. The third kappa shape index (κ3) is 3.13. The van der Waals surface area contributed by atoms with Crippen molar-refractivity contribution in [2.75, 3.05) is 26.2 Å². The summed E-state index contributed by atoms with van der Waals surface area (Å²) >= 11 is 0. The van der Waals surface area contributed by atoms with E-state index in [1.165, 1.54) is 44.9 Å². The van der Waals surface area contributed by atoms with Crippen LogP contribution in [-0.4, -0.2) is 47.9 Å². The number of amides is 1. The van der Waals surface area contributed by atoms with Gasteiger partial charge in [0.15, 0.2) is 0 Å². The van der Waals surface area contributed by atoms with E-state index in [-0.39, 0.29) is 0 Å². The van der Waals surface area contributed by atoms with Crippen LogP contribution < -0.4 is 0 Å². The van der Waals surface area contributed by atoms with Crippen LogP contribution in [-0.2, 0) is 4.79 Å². The van der Waals surface area contributed by atoms with Crippen LogP contribution in [0.2, 0.25) is 0 Å². The van der Waals surface area contributed by atoms with E-state index in [4.69, 9.17) is 0 Å². The topological polar surface area (TPSA) is 23.6 Å².